The molecule has 0 bridgehead atoms. The van der Waals surface area contributed by atoms with E-state index < -0.39 is 5.97 Å². The van der Waals surface area contributed by atoms with Gasteiger partial charge in [-0.05, 0) is 31.5 Å². The van der Waals surface area contributed by atoms with E-state index in [0.29, 0.717) is 18.1 Å². The summed E-state index contributed by atoms with van der Waals surface area (Å²) in [5.74, 6) is -0.952. The topological polar surface area (TPSA) is 57.8 Å². The summed E-state index contributed by atoms with van der Waals surface area (Å²) >= 11 is 5.95. The summed E-state index contributed by atoms with van der Waals surface area (Å²) in [6.45, 7) is 2.21. The lowest BCUT2D eigenvalue weighted by Gasteiger charge is -2.29. The molecule has 1 N–H and O–H groups in total. The number of likely N-dealkylation sites (tertiary alicyclic amines) is 1. The average molecular weight is 294 g/mol. The number of fused-ring (bicyclic) bond motifs is 1. The molecule has 3 heterocycles. The van der Waals surface area contributed by atoms with Crippen LogP contribution in [0.25, 0.3) is 5.65 Å². The highest BCUT2D eigenvalue weighted by Crippen LogP contribution is 2.19. The number of halogens is 1. The van der Waals surface area contributed by atoms with E-state index in [1.54, 1.807) is 0 Å². The van der Waals surface area contributed by atoms with E-state index in [1.807, 2.05) is 28.9 Å². The highest BCUT2D eigenvalue weighted by atomic mass is 35.5. The van der Waals surface area contributed by atoms with Gasteiger partial charge in [0.05, 0.1) is 16.6 Å². The number of aromatic nitrogens is 2. The number of piperidine rings is 1. The van der Waals surface area contributed by atoms with Crippen molar-refractivity contribution < 1.29 is 9.90 Å². The Morgan fingerprint density at radius 2 is 2.30 bits per heavy atom. The molecule has 1 fully saturated rings. The molecule has 2 aromatic rings. The fraction of sp³-hybridized carbons (Fsp3) is 0.429. The number of pyridine rings is 1. The first-order valence-electron chi connectivity index (χ1n) is 6.70. The highest BCUT2D eigenvalue weighted by molar-refractivity contribution is 6.30. The third kappa shape index (κ3) is 2.78. The van der Waals surface area contributed by atoms with Gasteiger partial charge in [-0.3, -0.25) is 9.69 Å². The Labute approximate surface area is 121 Å². The van der Waals surface area contributed by atoms with Crippen molar-refractivity contribution in [2.45, 2.75) is 19.4 Å². The van der Waals surface area contributed by atoms with Gasteiger partial charge in [0, 0.05) is 25.5 Å². The number of carboxylic acids is 1. The number of aliphatic carboxylic acids is 1. The zero-order valence-electron chi connectivity index (χ0n) is 11.0. The molecule has 0 aliphatic carbocycles. The van der Waals surface area contributed by atoms with Crippen molar-refractivity contribution in [1.82, 2.24) is 14.3 Å². The Hall–Kier alpha value is -1.59. The van der Waals surface area contributed by atoms with Crippen LogP contribution in [0.1, 0.15) is 18.5 Å². The van der Waals surface area contributed by atoms with E-state index >= 15 is 0 Å². The molecule has 20 heavy (non-hydrogen) atoms. The summed E-state index contributed by atoms with van der Waals surface area (Å²) in [7, 11) is 0. The number of rotatable bonds is 3. The molecule has 2 aromatic heterocycles. The molecule has 0 radical (unpaired) electrons. The zero-order valence-corrected chi connectivity index (χ0v) is 11.8. The molecule has 1 saturated heterocycles. The quantitative estimate of drug-likeness (QED) is 0.943. The van der Waals surface area contributed by atoms with Gasteiger partial charge in [-0.2, -0.15) is 0 Å². The first-order chi connectivity index (χ1) is 9.61. The lowest BCUT2D eigenvalue weighted by molar-refractivity contribution is -0.143. The summed E-state index contributed by atoms with van der Waals surface area (Å²) in [4.78, 5) is 17.8. The zero-order chi connectivity index (χ0) is 14.1. The first-order valence-corrected chi connectivity index (χ1v) is 7.08. The SMILES string of the molecule is O=C(O)[C@H]1CCCN(Cc2cn3cc(Cl)ccc3n2)C1. The van der Waals surface area contributed by atoms with E-state index in [0.717, 1.165) is 30.7 Å². The predicted octanol–water partition coefficient (Wildman–Crippen LogP) is 2.28. The van der Waals surface area contributed by atoms with Gasteiger partial charge in [0.15, 0.2) is 0 Å². The second-order valence-corrected chi connectivity index (χ2v) is 5.69. The summed E-state index contributed by atoms with van der Waals surface area (Å²) in [6.07, 6.45) is 5.47. The van der Waals surface area contributed by atoms with Crippen molar-refractivity contribution in [1.29, 1.82) is 0 Å². The normalized spacial score (nSPS) is 20.4. The first kappa shape index (κ1) is 13.4. The summed E-state index contributed by atoms with van der Waals surface area (Å²) in [5, 5.41) is 9.78. The lowest BCUT2D eigenvalue weighted by Crippen LogP contribution is -2.38. The van der Waals surface area contributed by atoms with E-state index in [9.17, 15) is 4.79 Å². The third-order valence-electron chi connectivity index (χ3n) is 3.71. The van der Waals surface area contributed by atoms with Crippen LogP contribution in [0.3, 0.4) is 0 Å². The minimum atomic E-state index is -0.698. The Kier molecular flexibility index (Phi) is 3.63. The number of hydrogen-bond acceptors (Lipinski definition) is 3. The van der Waals surface area contributed by atoms with Gasteiger partial charge in [-0.25, -0.2) is 4.98 Å². The monoisotopic (exact) mass is 293 g/mol. The van der Waals surface area contributed by atoms with Crippen LogP contribution in [0, 0.1) is 5.92 Å². The number of hydrogen-bond donors (Lipinski definition) is 1. The fourth-order valence-electron chi connectivity index (χ4n) is 2.72. The predicted molar refractivity (Wildman–Crippen MR) is 75.8 cm³/mol. The van der Waals surface area contributed by atoms with Crippen LogP contribution in [-0.2, 0) is 11.3 Å². The molecule has 0 aromatic carbocycles. The van der Waals surface area contributed by atoms with Gasteiger partial charge in [0.1, 0.15) is 5.65 Å². The molecule has 0 unspecified atom stereocenters. The van der Waals surface area contributed by atoms with Gasteiger partial charge in [-0.1, -0.05) is 11.6 Å². The Balaban J connectivity index is 1.74. The third-order valence-corrected chi connectivity index (χ3v) is 3.93. The van der Waals surface area contributed by atoms with Gasteiger partial charge in [0.2, 0.25) is 0 Å². The molecule has 3 rings (SSSR count). The molecule has 106 valence electrons. The molecular formula is C14H16ClN3O2. The Morgan fingerprint density at radius 1 is 1.45 bits per heavy atom. The average Bonchev–Trinajstić information content (AvgIpc) is 2.80. The van der Waals surface area contributed by atoms with Crippen LogP contribution >= 0.6 is 11.6 Å². The standard InChI is InChI=1S/C14H16ClN3O2/c15-11-3-4-13-16-12(9-18(13)7-11)8-17-5-1-2-10(6-17)14(19)20/h3-4,7,9-10H,1-2,5-6,8H2,(H,19,20)/t10-/m0/s1. The minimum absolute atomic E-state index is 0.254. The number of nitrogens with zero attached hydrogens (tertiary/aromatic N) is 3. The molecule has 6 heteroatoms. The van der Waals surface area contributed by atoms with Gasteiger partial charge < -0.3 is 9.51 Å². The van der Waals surface area contributed by atoms with E-state index in [1.165, 1.54) is 0 Å². The largest absolute Gasteiger partial charge is 0.481 e. The molecular weight excluding hydrogens is 278 g/mol. The van der Waals surface area contributed by atoms with Crippen LogP contribution < -0.4 is 0 Å². The van der Waals surface area contributed by atoms with Crippen molar-refractivity contribution in [2.24, 2.45) is 5.92 Å². The van der Waals surface area contributed by atoms with Crippen LogP contribution in [-0.4, -0.2) is 38.4 Å². The second kappa shape index (κ2) is 5.42. The van der Waals surface area contributed by atoms with Gasteiger partial charge >= 0.3 is 5.97 Å². The summed E-state index contributed by atoms with van der Waals surface area (Å²) in [5.41, 5.74) is 1.80. The maximum Gasteiger partial charge on any atom is 0.307 e. The highest BCUT2D eigenvalue weighted by Gasteiger charge is 2.25. The van der Waals surface area contributed by atoms with E-state index in [2.05, 4.69) is 9.88 Å². The van der Waals surface area contributed by atoms with Crippen molar-refractivity contribution in [3.8, 4) is 0 Å². The molecule has 0 saturated carbocycles. The van der Waals surface area contributed by atoms with E-state index in [4.69, 9.17) is 16.7 Å². The van der Waals surface area contributed by atoms with Crippen LogP contribution in [0.4, 0.5) is 0 Å². The van der Waals surface area contributed by atoms with Crippen molar-refractivity contribution in [3.63, 3.8) is 0 Å². The maximum atomic E-state index is 11.1. The molecule has 0 spiro atoms. The van der Waals surface area contributed by atoms with Crippen molar-refractivity contribution >= 4 is 23.2 Å². The Morgan fingerprint density at radius 3 is 3.10 bits per heavy atom. The summed E-state index contributed by atoms with van der Waals surface area (Å²) < 4.78 is 1.90. The lowest BCUT2D eigenvalue weighted by atomic mass is 9.98. The number of imidazole rings is 1. The maximum absolute atomic E-state index is 11.1. The fourth-order valence-corrected chi connectivity index (χ4v) is 2.89. The molecule has 0 amide bonds. The van der Waals surface area contributed by atoms with Crippen molar-refractivity contribution in [2.75, 3.05) is 13.1 Å². The minimum Gasteiger partial charge on any atom is -0.481 e. The molecule has 5 nitrogen and oxygen atoms in total. The molecule has 1 aliphatic rings. The molecule has 1 aliphatic heterocycles. The van der Waals surface area contributed by atoms with Crippen molar-refractivity contribution in [3.05, 3.63) is 35.2 Å². The number of carboxylic acid groups (broad SMARTS) is 1. The van der Waals surface area contributed by atoms with Crippen LogP contribution in [0.2, 0.25) is 5.02 Å². The van der Waals surface area contributed by atoms with Crippen LogP contribution in [0.15, 0.2) is 24.5 Å². The second-order valence-electron chi connectivity index (χ2n) is 5.26. The molecule has 1 atom stereocenters. The number of carbonyl (C=O) groups is 1. The van der Waals surface area contributed by atoms with Gasteiger partial charge in [-0.15, -0.1) is 0 Å². The Bertz CT molecular complexity index is 640. The smallest absolute Gasteiger partial charge is 0.307 e. The summed E-state index contributed by atoms with van der Waals surface area (Å²) in [6, 6.07) is 3.69. The van der Waals surface area contributed by atoms with Crippen LogP contribution in [0.5, 0.6) is 0 Å². The van der Waals surface area contributed by atoms with E-state index in [-0.39, 0.29) is 5.92 Å². The van der Waals surface area contributed by atoms with Gasteiger partial charge in [0.25, 0.3) is 0 Å².